The van der Waals surface area contributed by atoms with Crippen molar-refractivity contribution < 1.29 is 0 Å². The minimum absolute atomic E-state index is 0.0567. The molecule has 136 valence electrons. The number of nitrogens with zero attached hydrogens (tertiary/aromatic N) is 4. The monoisotopic (exact) mass is 358 g/mol. The van der Waals surface area contributed by atoms with Crippen LogP contribution in [0.4, 0.5) is 5.95 Å². The standard InChI is InChI=1S/C22H22N4O/c1-16-6-3-4-8-19(16)18-7-5-13-26(15-18)22-24-20(14-21(27)25(22)2)17-9-11-23-12-10-17/h3-4,6-12,14H,5,13,15H2,1-2H3. The van der Waals surface area contributed by atoms with Gasteiger partial charge in [0.25, 0.3) is 5.56 Å². The maximum Gasteiger partial charge on any atom is 0.255 e. The van der Waals surface area contributed by atoms with Crippen LogP contribution in [0.3, 0.4) is 0 Å². The SMILES string of the molecule is Cc1ccccc1C1=CCCN(c2nc(-c3ccncc3)cc(=O)n2C)C1. The Balaban J connectivity index is 1.72. The zero-order chi connectivity index (χ0) is 18.8. The van der Waals surface area contributed by atoms with Crippen molar-refractivity contribution in [3.8, 4) is 11.3 Å². The van der Waals surface area contributed by atoms with Gasteiger partial charge >= 0.3 is 0 Å². The summed E-state index contributed by atoms with van der Waals surface area (Å²) in [6.45, 7) is 3.72. The highest BCUT2D eigenvalue weighted by Crippen LogP contribution is 2.26. The van der Waals surface area contributed by atoms with E-state index in [0.29, 0.717) is 11.6 Å². The highest BCUT2D eigenvalue weighted by atomic mass is 16.1. The smallest absolute Gasteiger partial charge is 0.255 e. The Morgan fingerprint density at radius 2 is 1.85 bits per heavy atom. The summed E-state index contributed by atoms with van der Waals surface area (Å²) in [6, 6.07) is 13.8. The van der Waals surface area contributed by atoms with E-state index in [1.807, 2.05) is 12.1 Å². The molecule has 5 heteroatoms. The van der Waals surface area contributed by atoms with E-state index in [4.69, 9.17) is 4.98 Å². The fraction of sp³-hybridized carbons (Fsp3) is 0.227. The van der Waals surface area contributed by atoms with Gasteiger partial charge in [-0.1, -0.05) is 30.3 Å². The number of hydrogen-bond acceptors (Lipinski definition) is 4. The average Bonchev–Trinajstić information content (AvgIpc) is 2.71. The summed E-state index contributed by atoms with van der Waals surface area (Å²) in [4.78, 5) is 23.6. The zero-order valence-electron chi connectivity index (χ0n) is 15.6. The minimum Gasteiger partial charge on any atom is -0.338 e. The summed E-state index contributed by atoms with van der Waals surface area (Å²) in [5.74, 6) is 0.702. The van der Waals surface area contributed by atoms with Crippen LogP contribution in [0.5, 0.6) is 0 Å². The molecule has 1 aliphatic rings. The molecule has 0 radical (unpaired) electrons. The molecule has 0 spiro atoms. The molecule has 1 aliphatic heterocycles. The van der Waals surface area contributed by atoms with E-state index >= 15 is 0 Å². The second-order valence-electron chi connectivity index (χ2n) is 6.83. The van der Waals surface area contributed by atoms with Crippen molar-refractivity contribution in [2.24, 2.45) is 7.05 Å². The van der Waals surface area contributed by atoms with Gasteiger partial charge < -0.3 is 4.90 Å². The summed E-state index contributed by atoms with van der Waals surface area (Å²) >= 11 is 0. The molecule has 1 aromatic carbocycles. The quantitative estimate of drug-likeness (QED) is 0.720. The Morgan fingerprint density at radius 1 is 1.07 bits per heavy atom. The Bertz CT molecular complexity index is 1050. The molecule has 0 bridgehead atoms. The maximum absolute atomic E-state index is 12.5. The van der Waals surface area contributed by atoms with E-state index < -0.39 is 0 Å². The Kier molecular flexibility index (Phi) is 4.59. The second-order valence-corrected chi connectivity index (χ2v) is 6.83. The molecule has 0 saturated heterocycles. The first-order chi connectivity index (χ1) is 13.1. The van der Waals surface area contributed by atoms with Gasteiger partial charge in [0, 0.05) is 44.2 Å². The molecule has 0 atom stereocenters. The van der Waals surface area contributed by atoms with Crippen molar-refractivity contribution in [3.63, 3.8) is 0 Å². The number of rotatable bonds is 3. The van der Waals surface area contributed by atoms with Crippen LogP contribution in [0, 0.1) is 6.92 Å². The van der Waals surface area contributed by atoms with Gasteiger partial charge in [-0.3, -0.25) is 14.3 Å². The zero-order valence-corrected chi connectivity index (χ0v) is 15.6. The highest BCUT2D eigenvalue weighted by molar-refractivity contribution is 5.73. The largest absolute Gasteiger partial charge is 0.338 e. The van der Waals surface area contributed by atoms with Crippen LogP contribution in [0.25, 0.3) is 16.8 Å². The van der Waals surface area contributed by atoms with Crippen molar-refractivity contribution in [3.05, 3.63) is 82.4 Å². The van der Waals surface area contributed by atoms with Gasteiger partial charge in [0.2, 0.25) is 5.95 Å². The van der Waals surface area contributed by atoms with E-state index in [2.05, 4.69) is 47.1 Å². The first-order valence-corrected chi connectivity index (χ1v) is 9.12. The molecule has 27 heavy (non-hydrogen) atoms. The normalized spacial score (nSPS) is 14.1. The molecule has 0 unspecified atom stereocenters. The van der Waals surface area contributed by atoms with Crippen LogP contribution in [-0.4, -0.2) is 27.6 Å². The van der Waals surface area contributed by atoms with E-state index in [1.54, 1.807) is 30.1 Å². The summed E-state index contributed by atoms with van der Waals surface area (Å²) < 4.78 is 1.63. The third-order valence-electron chi connectivity index (χ3n) is 5.01. The lowest BCUT2D eigenvalue weighted by molar-refractivity contribution is 0.727. The fourth-order valence-electron chi connectivity index (χ4n) is 3.52. The summed E-state index contributed by atoms with van der Waals surface area (Å²) in [5.41, 5.74) is 5.33. The van der Waals surface area contributed by atoms with Gasteiger partial charge in [-0.15, -0.1) is 0 Å². The van der Waals surface area contributed by atoms with Gasteiger partial charge in [-0.2, -0.15) is 0 Å². The number of hydrogen-bond donors (Lipinski definition) is 0. The first-order valence-electron chi connectivity index (χ1n) is 9.12. The Hall–Kier alpha value is -3.21. The van der Waals surface area contributed by atoms with Crippen LogP contribution in [0.15, 0.2) is 65.7 Å². The van der Waals surface area contributed by atoms with E-state index in [9.17, 15) is 4.79 Å². The van der Waals surface area contributed by atoms with Crippen molar-refractivity contribution >= 4 is 11.5 Å². The van der Waals surface area contributed by atoms with Gasteiger partial charge in [0.05, 0.1) is 5.69 Å². The summed E-state index contributed by atoms with van der Waals surface area (Å²) in [7, 11) is 1.78. The third kappa shape index (κ3) is 3.40. The van der Waals surface area contributed by atoms with E-state index in [0.717, 1.165) is 25.1 Å². The van der Waals surface area contributed by atoms with Crippen LogP contribution < -0.4 is 10.5 Å². The van der Waals surface area contributed by atoms with E-state index in [-0.39, 0.29) is 5.56 Å². The van der Waals surface area contributed by atoms with Gasteiger partial charge in [-0.05, 0) is 42.2 Å². The number of aromatic nitrogens is 3. The topological polar surface area (TPSA) is 51.0 Å². The molecule has 4 rings (SSSR count). The molecule has 0 amide bonds. The molecular weight excluding hydrogens is 336 g/mol. The van der Waals surface area contributed by atoms with Gasteiger partial charge in [0.1, 0.15) is 0 Å². The third-order valence-corrected chi connectivity index (χ3v) is 5.01. The lowest BCUT2D eigenvalue weighted by atomic mass is 9.97. The first kappa shape index (κ1) is 17.2. The molecule has 0 saturated carbocycles. The van der Waals surface area contributed by atoms with Crippen molar-refractivity contribution in [2.75, 3.05) is 18.0 Å². The summed E-state index contributed by atoms with van der Waals surface area (Å²) in [5, 5.41) is 0. The minimum atomic E-state index is -0.0567. The molecule has 0 fully saturated rings. The Labute approximate surface area is 158 Å². The van der Waals surface area contributed by atoms with Crippen LogP contribution >= 0.6 is 0 Å². The summed E-state index contributed by atoms with van der Waals surface area (Å²) in [6.07, 6.45) is 6.66. The molecule has 3 heterocycles. The maximum atomic E-state index is 12.5. The van der Waals surface area contributed by atoms with Gasteiger partial charge in [0.15, 0.2) is 0 Å². The number of aryl methyl sites for hydroxylation is 1. The number of benzene rings is 1. The van der Waals surface area contributed by atoms with Crippen molar-refractivity contribution in [1.29, 1.82) is 0 Å². The van der Waals surface area contributed by atoms with Gasteiger partial charge in [-0.25, -0.2) is 4.98 Å². The average molecular weight is 358 g/mol. The molecule has 3 aromatic rings. The lowest BCUT2D eigenvalue weighted by Gasteiger charge is -2.30. The van der Waals surface area contributed by atoms with E-state index in [1.165, 1.54) is 16.7 Å². The van der Waals surface area contributed by atoms with Crippen molar-refractivity contribution in [2.45, 2.75) is 13.3 Å². The molecule has 0 N–H and O–H groups in total. The second kappa shape index (κ2) is 7.19. The Morgan fingerprint density at radius 3 is 2.63 bits per heavy atom. The number of anilines is 1. The molecule has 0 aliphatic carbocycles. The molecule has 5 nitrogen and oxygen atoms in total. The number of pyridine rings is 1. The highest BCUT2D eigenvalue weighted by Gasteiger charge is 2.20. The fourth-order valence-corrected chi connectivity index (χ4v) is 3.52. The van der Waals surface area contributed by atoms with Crippen LogP contribution in [0.2, 0.25) is 0 Å². The lowest BCUT2D eigenvalue weighted by Crippen LogP contribution is -2.35. The van der Waals surface area contributed by atoms with Crippen LogP contribution in [-0.2, 0) is 7.05 Å². The van der Waals surface area contributed by atoms with Crippen molar-refractivity contribution in [1.82, 2.24) is 14.5 Å². The predicted molar refractivity (Wildman–Crippen MR) is 109 cm³/mol. The molecular formula is C22H22N4O. The molecule has 2 aromatic heterocycles. The predicted octanol–water partition coefficient (Wildman–Crippen LogP) is 3.44. The van der Waals surface area contributed by atoms with Crippen LogP contribution in [0.1, 0.15) is 17.5 Å².